The molecular formula is C18H14F4N4O. The molecule has 0 aliphatic heterocycles. The Morgan fingerprint density at radius 3 is 2.52 bits per heavy atom. The average Bonchev–Trinajstić information content (AvgIpc) is 3.06. The van der Waals surface area contributed by atoms with Crippen LogP contribution in [0.5, 0.6) is 0 Å². The van der Waals surface area contributed by atoms with Crippen LogP contribution in [0.4, 0.5) is 28.0 Å². The number of rotatable bonds is 4. The highest BCUT2D eigenvalue weighted by Crippen LogP contribution is 2.20. The molecule has 0 bridgehead atoms. The summed E-state index contributed by atoms with van der Waals surface area (Å²) in [7, 11) is 0. The van der Waals surface area contributed by atoms with Crippen molar-refractivity contribution in [2.45, 2.75) is 13.5 Å². The molecule has 0 fully saturated rings. The van der Waals surface area contributed by atoms with Crippen LogP contribution in [0.1, 0.15) is 11.4 Å². The number of aromatic nitrogens is 2. The fourth-order valence-corrected chi connectivity index (χ4v) is 2.46. The number of hydrogen-bond acceptors (Lipinski definition) is 2. The standard InChI is InChI=1S/C18H14F4N4O/c1-10-23-6-7-26(10)15-5-2-11(8-13(15)20)9-24-18(27)25-14-4-3-12(19)16(21)17(14)22/h2-8H,9H2,1H3,(H2,24,25,27). The summed E-state index contributed by atoms with van der Waals surface area (Å²) < 4.78 is 55.4. The summed E-state index contributed by atoms with van der Waals surface area (Å²) in [5.74, 6) is -4.44. The van der Waals surface area contributed by atoms with E-state index in [1.54, 1.807) is 30.0 Å². The van der Waals surface area contributed by atoms with Crippen molar-refractivity contribution >= 4 is 11.7 Å². The maximum Gasteiger partial charge on any atom is 0.319 e. The number of anilines is 1. The van der Waals surface area contributed by atoms with Crippen LogP contribution in [0.15, 0.2) is 42.7 Å². The van der Waals surface area contributed by atoms with Gasteiger partial charge in [0, 0.05) is 18.9 Å². The number of amides is 2. The molecule has 0 saturated carbocycles. The Bertz CT molecular complexity index is 1000. The number of urea groups is 1. The van der Waals surface area contributed by atoms with Crippen LogP contribution in [0.25, 0.3) is 5.69 Å². The average molecular weight is 378 g/mol. The third-order valence-corrected chi connectivity index (χ3v) is 3.83. The van der Waals surface area contributed by atoms with Gasteiger partial charge in [0.25, 0.3) is 0 Å². The predicted molar refractivity (Wildman–Crippen MR) is 90.4 cm³/mol. The van der Waals surface area contributed by atoms with Crippen LogP contribution in [-0.2, 0) is 6.54 Å². The molecule has 0 unspecified atom stereocenters. The van der Waals surface area contributed by atoms with Crippen molar-refractivity contribution in [2.75, 3.05) is 5.32 Å². The Hall–Kier alpha value is -3.36. The summed E-state index contributed by atoms with van der Waals surface area (Å²) in [6.07, 6.45) is 3.17. The Kier molecular flexibility index (Phi) is 5.11. The molecule has 5 nitrogen and oxygen atoms in total. The van der Waals surface area contributed by atoms with Gasteiger partial charge in [-0.05, 0) is 36.8 Å². The van der Waals surface area contributed by atoms with Gasteiger partial charge in [0.15, 0.2) is 17.5 Å². The predicted octanol–water partition coefficient (Wildman–Crippen LogP) is 4.06. The van der Waals surface area contributed by atoms with Crippen molar-refractivity contribution in [1.82, 2.24) is 14.9 Å². The Morgan fingerprint density at radius 2 is 1.85 bits per heavy atom. The normalized spacial score (nSPS) is 10.7. The van der Waals surface area contributed by atoms with Crippen LogP contribution < -0.4 is 10.6 Å². The van der Waals surface area contributed by atoms with E-state index < -0.39 is 35.0 Å². The van der Waals surface area contributed by atoms with Gasteiger partial charge in [-0.3, -0.25) is 0 Å². The van der Waals surface area contributed by atoms with E-state index in [1.807, 2.05) is 0 Å². The van der Waals surface area contributed by atoms with Crippen molar-refractivity contribution < 1.29 is 22.4 Å². The van der Waals surface area contributed by atoms with Gasteiger partial charge in [0.2, 0.25) is 0 Å². The fourth-order valence-electron chi connectivity index (χ4n) is 2.46. The highest BCUT2D eigenvalue weighted by atomic mass is 19.2. The molecule has 1 aromatic heterocycles. The minimum absolute atomic E-state index is 0.0583. The van der Waals surface area contributed by atoms with E-state index >= 15 is 0 Å². The lowest BCUT2D eigenvalue weighted by atomic mass is 10.2. The molecule has 0 spiro atoms. The summed E-state index contributed by atoms with van der Waals surface area (Å²) in [6.45, 7) is 1.67. The third-order valence-electron chi connectivity index (χ3n) is 3.83. The number of nitrogens with zero attached hydrogens (tertiary/aromatic N) is 2. The molecule has 27 heavy (non-hydrogen) atoms. The summed E-state index contributed by atoms with van der Waals surface area (Å²) in [5, 5.41) is 4.45. The molecule has 0 atom stereocenters. The van der Waals surface area contributed by atoms with Crippen molar-refractivity contribution in [3.05, 3.63) is 77.4 Å². The van der Waals surface area contributed by atoms with Gasteiger partial charge in [-0.2, -0.15) is 0 Å². The molecule has 3 rings (SSSR count). The maximum atomic E-state index is 14.3. The zero-order valence-corrected chi connectivity index (χ0v) is 14.1. The minimum Gasteiger partial charge on any atom is -0.334 e. The molecule has 2 amide bonds. The highest BCUT2D eigenvalue weighted by Gasteiger charge is 2.15. The minimum atomic E-state index is -1.68. The second kappa shape index (κ2) is 7.48. The van der Waals surface area contributed by atoms with Gasteiger partial charge in [-0.1, -0.05) is 6.07 Å². The van der Waals surface area contributed by atoms with Gasteiger partial charge >= 0.3 is 6.03 Å². The topological polar surface area (TPSA) is 59.0 Å². The molecule has 9 heteroatoms. The van der Waals surface area contributed by atoms with E-state index in [0.29, 0.717) is 23.1 Å². The van der Waals surface area contributed by atoms with Crippen LogP contribution in [-0.4, -0.2) is 15.6 Å². The molecule has 1 heterocycles. The second-order valence-corrected chi connectivity index (χ2v) is 5.66. The van der Waals surface area contributed by atoms with Crippen LogP contribution >= 0.6 is 0 Å². The zero-order valence-electron chi connectivity index (χ0n) is 14.1. The third kappa shape index (κ3) is 3.91. The molecular weight excluding hydrogens is 364 g/mol. The maximum absolute atomic E-state index is 14.3. The summed E-state index contributed by atoms with van der Waals surface area (Å²) in [6, 6.07) is 5.13. The largest absolute Gasteiger partial charge is 0.334 e. The number of hydrogen-bond donors (Lipinski definition) is 2. The van der Waals surface area contributed by atoms with Crippen LogP contribution in [0.2, 0.25) is 0 Å². The molecule has 0 saturated heterocycles. The van der Waals surface area contributed by atoms with Gasteiger partial charge in [0.05, 0.1) is 11.4 Å². The van der Waals surface area contributed by atoms with Crippen molar-refractivity contribution in [2.24, 2.45) is 0 Å². The molecule has 3 aromatic rings. The van der Waals surface area contributed by atoms with Gasteiger partial charge in [-0.25, -0.2) is 27.3 Å². The van der Waals surface area contributed by atoms with Crippen LogP contribution in [0, 0.1) is 30.2 Å². The number of benzene rings is 2. The Balaban J connectivity index is 1.65. The van der Waals surface area contributed by atoms with E-state index in [0.717, 1.165) is 6.07 Å². The van der Waals surface area contributed by atoms with Gasteiger partial charge < -0.3 is 15.2 Å². The van der Waals surface area contributed by atoms with Gasteiger partial charge in [-0.15, -0.1) is 0 Å². The first-order valence-electron chi connectivity index (χ1n) is 7.84. The first-order valence-corrected chi connectivity index (χ1v) is 7.84. The zero-order chi connectivity index (χ0) is 19.6. The Morgan fingerprint density at radius 1 is 1.07 bits per heavy atom. The first kappa shape index (κ1) is 18.4. The fraction of sp³-hybridized carbons (Fsp3) is 0.111. The smallest absolute Gasteiger partial charge is 0.319 e. The number of carbonyl (C=O) groups excluding carboxylic acids is 1. The monoisotopic (exact) mass is 378 g/mol. The van der Waals surface area contributed by atoms with E-state index in [4.69, 9.17) is 0 Å². The summed E-state index contributed by atoms with van der Waals surface area (Å²) in [5.41, 5.74) is 0.250. The lowest BCUT2D eigenvalue weighted by Crippen LogP contribution is -2.28. The van der Waals surface area contributed by atoms with E-state index in [2.05, 4.69) is 15.6 Å². The van der Waals surface area contributed by atoms with Gasteiger partial charge in [0.1, 0.15) is 11.6 Å². The molecule has 0 radical (unpaired) electrons. The molecule has 0 aliphatic rings. The highest BCUT2D eigenvalue weighted by molar-refractivity contribution is 5.89. The SMILES string of the molecule is Cc1nccn1-c1ccc(CNC(=O)Nc2ccc(F)c(F)c2F)cc1F. The molecule has 140 valence electrons. The Labute approximate surface area is 151 Å². The van der Waals surface area contributed by atoms with Crippen LogP contribution in [0.3, 0.4) is 0 Å². The summed E-state index contributed by atoms with van der Waals surface area (Å²) in [4.78, 5) is 15.8. The number of carbonyl (C=O) groups is 1. The summed E-state index contributed by atoms with van der Waals surface area (Å²) >= 11 is 0. The van der Waals surface area contributed by atoms with E-state index in [9.17, 15) is 22.4 Å². The molecule has 0 aliphatic carbocycles. The number of halogens is 4. The van der Waals surface area contributed by atoms with E-state index in [1.165, 1.54) is 12.1 Å². The first-order chi connectivity index (χ1) is 12.9. The lowest BCUT2D eigenvalue weighted by Gasteiger charge is -2.11. The quantitative estimate of drug-likeness (QED) is 0.531. The number of aryl methyl sites for hydroxylation is 1. The number of imidazole rings is 1. The van der Waals surface area contributed by atoms with Crippen molar-refractivity contribution in [1.29, 1.82) is 0 Å². The van der Waals surface area contributed by atoms with E-state index in [-0.39, 0.29) is 6.54 Å². The lowest BCUT2D eigenvalue weighted by molar-refractivity contribution is 0.251. The molecule has 2 N–H and O–H groups in total. The molecule has 2 aromatic carbocycles. The van der Waals surface area contributed by atoms with Crippen molar-refractivity contribution in [3.8, 4) is 5.69 Å². The second-order valence-electron chi connectivity index (χ2n) is 5.66. The number of nitrogens with one attached hydrogen (secondary N) is 2. The van der Waals surface area contributed by atoms with Crippen molar-refractivity contribution in [3.63, 3.8) is 0 Å².